The molecule has 18 heavy (non-hydrogen) atoms. The zero-order valence-corrected chi connectivity index (χ0v) is 12.0. The Morgan fingerprint density at radius 1 is 1.17 bits per heavy atom. The second-order valence-corrected chi connectivity index (χ2v) is 6.16. The maximum absolute atomic E-state index is 6.06. The Labute approximate surface area is 111 Å². The average Bonchev–Trinajstić information content (AvgIpc) is 2.77. The highest BCUT2D eigenvalue weighted by molar-refractivity contribution is 4.98. The van der Waals surface area contributed by atoms with Crippen molar-refractivity contribution in [1.82, 2.24) is 4.90 Å². The van der Waals surface area contributed by atoms with Gasteiger partial charge in [0.25, 0.3) is 0 Å². The Morgan fingerprint density at radius 3 is 2.06 bits per heavy atom. The second-order valence-electron chi connectivity index (χ2n) is 6.16. The molecule has 4 heteroatoms. The van der Waals surface area contributed by atoms with Crippen LogP contribution in [0.4, 0.5) is 0 Å². The molecule has 2 fully saturated rings. The average molecular weight is 256 g/mol. The van der Waals surface area contributed by atoms with E-state index in [1.54, 1.807) is 14.2 Å². The van der Waals surface area contributed by atoms with E-state index in [0.717, 1.165) is 25.6 Å². The summed E-state index contributed by atoms with van der Waals surface area (Å²) in [6.07, 6.45) is 5.74. The first-order chi connectivity index (χ1) is 8.62. The fraction of sp³-hybridized carbons (Fsp3) is 1.00. The minimum absolute atomic E-state index is 0.106. The molecule has 2 rings (SSSR count). The van der Waals surface area contributed by atoms with E-state index in [0.29, 0.717) is 0 Å². The van der Waals surface area contributed by atoms with Crippen molar-refractivity contribution in [2.24, 2.45) is 11.7 Å². The summed E-state index contributed by atoms with van der Waals surface area (Å²) in [7, 11) is 3.54. The number of nitrogens with zero attached hydrogens (tertiary/aromatic N) is 1. The largest absolute Gasteiger partial charge is 0.377 e. The van der Waals surface area contributed by atoms with Crippen molar-refractivity contribution in [3.8, 4) is 0 Å². The van der Waals surface area contributed by atoms with Gasteiger partial charge in [-0.3, -0.25) is 4.90 Å². The van der Waals surface area contributed by atoms with Gasteiger partial charge in [0.05, 0.1) is 12.2 Å². The number of hydrogen-bond acceptors (Lipinski definition) is 4. The zero-order valence-electron chi connectivity index (χ0n) is 12.0. The lowest BCUT2D eigenvalue weighted by atomic mass is 9.76. The molecular weight excluding hydrogens is 228 g/mol. The first-order valence-corrected chi connectivity index (χ1v) is 7.13. The number of ether oxygens (including phenoxy) is 2. The molecule has 1 aliphatic heterocycles. The highest BCUT2D eigenvalue weighted by Crippen LogP contribution is 2.37. The number of likely N-dealkylation sites (tertiary alicyclic amines) is 1. The van der Waals surface area contributed by atoms with Gasteiger partial charge in [0.1, 0.15) is 0 Å². The summed E-state index contributed by atoms with van der Waals surface area (Å²) >= 11 is 0. The summed E-state index contributed by atoms with van der Waals surface area (Å²) < 4.78 is 11.0. The predicted octanol–water partition coefficient (Wildman–Crippen LogP) is 1.24. The molecule has 1 aliphatic carbocycles. The van der Waals surface area contributed by atoms with E-state index in [2.05, 4.69) is 11.8 Å². The highest BCUT2D eigenvalue weighted by atomic mass is 16.5. The van der Waals surface area contributed by atoms with Gasteiger partial charge < -0.3 is 15.2 Å². The first-order valence-electron chi connectivity index (χ1n) is 7.13. The SMILES string of the molecule is COC1CN(C(C)(CN)CC2CCC2)CC1OC. The summed E-state index contributed by atoms with van der Waals surface area (Å²) in [5, 5.41) is 0. The summed E-state index contributed by atoms with van der Waals surface area (Å²) in [4.78, 5) is 2.48. The Balaban J connectivity index is 1.98. The molecule has 2 N–H and O–H groups in total. The molecule has 0 amide bonds. The van der Waals surface area contributed by atoms with Crippen molar-refractivity contribution in [2.75, 3.05) is 33.9 Å². The Morgan fingerprint density at radius 2 is 1.72 bits per heavy atom. The molecule has 0 bridgehead atoms. The maximum Gasteiger partial charge on any atom is 0.0972 e. The topological polar surface area (TPSA) is 47.7 Å². The van der Waals surface area contributed by atoms with Crippen molar-refractivity contribution in [3.05, 3.63) is 0 Å². The Bertz CT molecular complexity index is 259. The van der Waals surface area contributed by atoms with Gasteiger partial charge in [-0.2, -0.15) is 0 Å². The summed E-state index contributed by atoms with van der Waals surface area (Å²) in [6, 6.07) is 0. The second kappa shape index (κ2) is 5.87. The van der Waals surface area contributed by atoms with Crippen LogP contribution >= 0.6 is 0 Å². The van der Waals surface area contributed by atoms with Gasteiger partial charge in [-0.25, -0.2) is 0 Å². The van der Waals surface area contributed by atoms with Crippen molar-refractivity contribution < 1.29 is 9.47 Å². The van der Waals surface area contributed by atoms with Gasteiger partial charge in [-0.05, 0) is 19.3 Å². The smallest absolute Gasteiger partial charge is 0.0972 e. The highest BCUT2D eigenvalue weighted by Gasteiger charge is 2.43. The van der Waals surface area contributed by atoms with Crippen LogP contribution < -0.4 is 5.73 Å². The van der Waals surface area contributed by atoms with E-state index < -0.39 is 0 Å². The van der Waals surface area contributed by atoms with Gasteiger partial charge in [-0.1, -0.05) is 19.3 Å². The third-order valence-corrected chi connectivity index (χ3v) is 4.98. The van der Waals surface area contributed by atoms with Gasteiger partial charge in [-0.15, -0.1) is 0 Å². The van der Waals surface area contributed by atoms with Crippen LogP contribution in [0, 0.1) is 5.92 Å². The maximum atomic E-state index is 6.06. The van der Waals surface area contributed by atoms with Crippen LogP contribution in [0.15, 0.2) is 0 Å². The fourth-order valence-corrected chi connectivity index (χ4v) is 3.30. The van der Waals surface area contributed by atoms with Crippen LogP contribution in [0.25, 0.3) is 0 Å². The fourth-order valence-electron chi connectivity index (χ4n) is 3.30. The Hall–Kier alpha value is -0.160. The van der Waals surface area contributed by atoms with Gasteiger partial charge >= 0.3 is 0 Å². The lowest BCUT2D eigenvalue weighted by Gasteiger charge is -2.42. The molecule has 4 nitrogen and oxygen atoms in total. The quantitative estimate of drug-likeness (QED) is 0.777. The third kappa shape index (κ3) is 2.72. The number of hydrogen-bond donors (Lipinski definition) is 1. The molecule has 0 spiro atoms. The molecule has 106 valence electrons. The normalized spacial score (nSPS) is 33.3. The monoisotopic (exact) mass is 256 g/mol. The van der Waals surface area contributed by atoms with Crippen LogP contribution in [-0.2, 0) is 9.47 Å². The molecule has 0 aromatic heterocycles. The molecule has 1 heterocycles. The van der Waals surface area contributed by atoms with Crippen LogP contribution in [0.5, 0.6) is 0 Å². The standard InChI is InChI=1S/C14H28N2O2/c1-14(10-15,7-11-5-4-6-11)16-8-12(17-2)13(9-16)18-3/h11-13H,4-10,15H2,1-3H3. The molecule has 0 aromatic carbocycles. The summed E-state index contributed by atoms with van der Waals surface area (Å²) in [5.74, 6) is 0.876. The predicted molar refractivity (Wildman–Crippen MR) is 72.6 cm³/mol. The molecule has 0 aromatic rings. The van der Waals surface area contributed by atoms with Crippen molar-refractivity contribution >= 4 is 0 Å². The first kappa shape index (κ1) is 14.3. The van der Waals surface area contributed by atoms with E-state index >= 15 is 0 Å². The molecule has 3 unspecified atom stereocenters. The zero-order chi connectivity index (χ0) is 13.2. The lowest BCUT2D eigenvalue weighted by molar-refractivity contribution is -0.00461. The van der Waals surface area contributed by atoms with Gasteiger partial charge in [0.2, 0.25) is 0 Å². The van der Waals surface area contributed by atoms with E-state index in [1.807, 2.05) is 0 Å². The Kier molecular flexibility index (Phi) is 4.64. The van der Waals surface area contributed by atoms with Crippen LogP contribution in [0.3, 0.4) is 0 Å². The van der Waals surface area contributed by atoms with Crippen LogP contribution in [-0.4, -0.2) is 56.5 Å². The van der Waals surface area contributed by atoms with Gasteiger partial charge in [0, 0.05) is 39.4 Å². The third-order valence-electron chi connectivity index (χ3n) is 4.98. The van der Waals surface area contributed by atoms with Crippen LogP contribution in [0.1, 0.15) is 32.6 Å². The molecular formula is C14H28N2O2. The number of nitrogens with two attached hydrogens (primary N) is 1. The van der Waals surface area contributed by atoms with E-state index in [1.165, 1.54) is 25.7 Å². The molecule has 1 saturated heterocycles. The molecule has 3 atom stereocenters. The van der Waals surface area contributed by atoms with E-state index in [4.69, 9.17) is 15.2 Å². The van der Waals surface area contributed by atoms with E-state index in [-0.39, 0.29) is 17.7 Å². The minimum Gasteiger partial charge on any atom is -0.377 e. The lowest BCUT2D eigenvalue weighted by Crippen LogP contribution is -2.52. The number of methoxy groups -OCH3 is 2. The summed E-state index contributed by atoms with van der Waals surface area (Å²) in [6.45, 7) is 4.90. The summed E-state index contributed by atoms with van der Waals surface area (Å²) in [5.41, 5.74) is 6.17. The number of rotatable bonds is 6. The molecule has 0 radical (unpaired) electrons. The molecule has 2 aliphatic rings. The van der Waals surface area contributed by atoms with Gasteiger partial charge in [0.15, 0.2) is 0 Å². The van der Waals surface area contributed by atoms with Crippen molar-refractivity contribution in [3.63, 3.8) is 0 Å². The van der Waals surface area contributed by atoms with Crippen LogP contribution in [0.2, 0.25) is 0 Å². The van der Waals surface area contributed by atoms with Crippen molar-refractivity contribution in [2.45, 2.75) is 50.4 Å². The minimum atomic E-state index is 0.106. The van der Waals surface area contributed by atoms with E-state index in [9.17, 15) is 0 Å². The molecule has 1 saturated carbocycles. The van der Waals surface area contributed by atoms with Crippen molar-refractivity contribution in [1.29, 1.82) is 0 Å².